The Bertz CT molecular complexity index is 2030. The average Bonchev–Trinajstić information content (AvgIpc) is 3.94. The minimum Gasteiger partial charge on any atom is -0.335 e. The molecule has 4 aliphatic carbocycles. The number of hydrogen-bond acceptors (Lipinski definition) is 7. The van der Waals surface area contributed by atoms with Crippen molar-refractivity contribution >= 4 is 78.7 Å². The highest BCUT2D eigenvalue weighted by atomic mass is 32.2. The SMILES string of the molecule is CCN1/C(=C/C2=CC3=C/C(=C/c4sc5ccc(SC6CCCC6)cc5[n+]4CCCCS(=O)(=O)O)CCC3CC2)Sc2ccc(SC3CCCC3)cc21. The van der Waals surface area contributed by atoms with E-state index in [9.17, 15) is 13.0 Å². The van der Waals surface area contributed by atoms with Crippen LogP contribution in [0.25, 0.3) is 16.3 Å². The molecule has 2 fully saturated rings. The third-order valence-electron chi connectivity index (χ3n) is 11.3. The molecule has 0 bridgehead atoms. The van der Waals surface area contributed by atoms with E-state index < -0.39 is 10.1 Å². The molecule has 2 saturated carbocycles. The van der Waals surface area contributed by atoms with E-state index in [1.165, 1.54) is 122 Å². The quantitative estimate of drug-likeness (QED) is 0.111. The highest BCUT2D eigenvalue weighted by molar-refractivity contribution is 8.03. The summed E-state index contributed by atoms with van der Waals surface area (Å²) in [5.74, 6) is 0.434. The van der Waals surface area contributed by atoms with E-state index in [1.54, 1.807) is 0 Å². The van der Waals surface area contributed by atoms with Crippen LogP contribution in [0.5, 0.6) is 0 Å². The van der Waals surface area contributed by atoms with E-state index in [0.717, 1.165) is 31.2 Å². The summed E-state index contributed by atoms with van der Waals surface area (Å²) >= 11 is 7.86. The first-order valence-corrected chi connectivity index (χ1v) is 24.5. The zero-order valence-corrected chi connectivity index (χ0v) is 34.3. The van der Waals surface area contributed by atoms with Gasteiger partial charge in [-0.3, -0.25) is 4.55 Å². The molecule has 52 heavy (non-hydrogen) atoms. The van der Waals surface area contributed by atoms with E-state index >= 15 is 0 Å². The van der Waals surface area contributed by atoms with Gasteiger partial charge in [-0.25, -0.2) is 0 Å². The lowest BCUT2D eigenvalue weighted by Crippen LogP contribution is -2.35. The van der Waals surface area contributed by atoms with Crippen LogP contribution >= 0.6 is 46.6 Å². The molecule has 10 heteroatoms. The summed E-state index contributed by atoms with van der Waals surface area (Å²) in [4.78, 5) is 6.63. The molecule has 0 amide bonds. The second-order valence-corrected chi connectivity index (χ2v) is 21.5. The fourth-order valence-electron chi connectivity index (χ4n) is 8.59. The Labute approximate surface area is 327 Å². The highest BCUT2D eigenvalue weighted by Gasteiger charge is 2.29. The maximum absolute atomic E-state index is 11.4. The summed E-state index contributed by atoms with van der Waals surface area (Å²) in [6, 6.07) is 14.0. The molecule has 1 N–H and O–H groups in total. The van der Waals surface area contributed by atoms with E-state index in [-0.39, 0.29) is 5.75 Å². The van der Waals surface area contributed by atoms with E-state index in [2.05, 4.69) is 88.9 Å². The van der Waals surface area contributed by atoms with E-state index in [1.807, 2.05) is 34.9 Å². The third-order valence-corrected chi connectivity index (χ3v) is 17.0. The van der Waals surface area contributed by atoms with Crippen molar-refractivity contribution in [2.75, 3.05) is 17.2 Å². The molecule has 1 aliphatic heterocycles. The Kier molecular flexibility index (Phi) is 11.7. The summed E-state index contributed by atoms with van der Waals surface area (Å²) in [6.45, 7) is 3.98. The molecule has 0 saturated heterocycles. The maximum atomic E-state index is 11.4. The lowest BCUT2D eigenvalue weighted by Gasteiger charge is -2.28. The second-order valence-electron chi connectivity index (χ2n) is 15.1. The van der Waals surface area contributed by atoms with Gasteiger partial charge in [-0.1, -0.05) is 60.9 Å². The summed E-state index contributed by atoms with van der Waals surface area (Å²) in [7, 11) is -3.95. The smallest absolute Gasteiger partial charge is 0.264 e. The van der Waals surface area contributed by atoms with Gasteiger partial charge in [0.15, 0.2) is 6.54 Å². The van der Waals surface area contributed by atoms with Crippen LogP contribution in [0, 0.1) is 5.92 Å². The van der Waals surface area contributed by atoms with Gasteiger partial charge in [-0.2, -0.15) is 13.0 Å². The van der Waals surface area contributed by atoms with Crippen LogP contribution in [0.1, 0.15) is 102 Å². The van der Waals surface area contributed by atoms with Gasteiger partial charge in [0, 0.05) is 50.3 Å². The summed E-state index contributed by atoms with van der Waals surface area (Å²) in [6.07, 6.45) is 26.3. The minimum absolute atomic E-state index is 0.186. The number of benzene rings is 2. The molecule has 5 aliphatic rings. The van der Waals surface area contributed by atoms with Gasteiger partial charge in [0.1, 0.15) is 4.70 Å². The van der Waals surface area contributed by atoms with Gasteiger partial charge >= 0.3 is 0 Å². The third kappa shape index (κ3) is 8.78. The van der Waals surface area contributed by atoms with E-state index in [4.69, 9.17) is 0 Å². The standard InChI is InChI=1S/C42H50N2O3S5/c1-2-43-37-27-35(48-33-9-3-4-10-33)17-19-39(37)50-41(43)25-29-13-15-31-16-14-30(24-32(31)23-29)26-42-44(21-7-8-22-52(45,46)47)38-28-36(18-20-40(38)51-42)49-34-11-5-6-12-34/h17-20,23-28,31,33-34H,2-16,21-22H2,1H3/p+1. The van der Waals surface area contributed by atoms with Crippen molar-refractivity contribution in [1.29, 1.82) is 0 Å². The van der Waals surface area contributed by atoms with Crippen LogP contribution in [-0.4, -0.2) is 35.8 Å². The van der Waals surface area contributed by atoms with Crippen molar-refractivity contribution in [1.82, 2.24) is 0 Å². The Balaban J connectivity index is 1.04. The topological polar surface area (TPSA) is 61.5 Å². The largest absolute Gasteiger partial charge is 0.335 e. The first-order chi connectivity index (χ1) is 25.3. The van der Waals surface area contributed by atoms with Gasteiger partial charge in [0.25, 0.3) is 15.1 Å². The molecule has 1 aromatic heterocycles. The number of allylic oxidation sites excluding steroid dienone is 6. The molecule has 5 nitrogen and oxygen atoms in total. The Hall–Kier alpha value is -1.95. The first-order valence-electron chi connectivity index (χ1n) is 19.5. The number of nitrogens with zero attached hydrogens (tertiary/aromatic N) is 2. The predicted molar refractivity (Wildman–Crippen MR) is 223 cm³/mol. The number of hydrogen-bond donors (Lipinski definition) is 1. The lowest BCUT2D eigenvalue weighted by molar-refractivity contribution is -0.669. The normalized spacial score (nSPS) is 22.8. The van der Waals surface area contributed by atoms with Crippen LogP contribution < -0.4 is 9.47 Å². The maximum Gasteiger partial charge on any atom is 0.264 e. The number of rotatable bonds is 12. The van der Waals surface area contributed by atoms with Gasteiger partial charge < -0.3 is 4.90 Å². The molecular formula is C42H51N2O3S5+. The molecule has 1 atom stereocenters. The summed E-state index contributed by atoms with van der Waals surface area (Å²) < 4.78 is 35.9. The fraction of sp³-hybridized carbons (Fsp3) is 0.500. The van der Waals surface area contributed by atoms with Crippen molar-refractivity contribution in [2.45, 2.75) is 129 Å². The molecule has 0 spiro atoms. The molecule has 3 aromatic rings. The van der Waals surface area contributed by atoms with Gasteiger partial charge in [-0.05, 0) is 124 Å². The lowest BCUT2D eigenvalue weighted by atomic mass is 9.77. The predicted octanol–water partition coefficient (Wildman–Crippen LogP) is 11.8. The Morgan fingerprint density at radius 1 is 0.885 bits per heavy atom. The zero-order valence-electron chi connectivity index (χ0n) is 30.2. The minimum atomic E-state index is -3.95. The monoisotopic (exact) mass is 791 g/mol. The van der Waals surface area contributed by atoms with Gasteiger partial charge in [0.05, 0.1) is 16.5 Å². The van der Waals surface area contributed by atoms with Crippen LogP contribution in [0.15, 0.2) is 91.1 Å². The fourth-order valence-corrected chi connectivity index (χ4v) is 14.0. The molecule has 2 heterocycles. The molecule has 1 unspecified atom stereocenters. The van der Waals surface area contributed by atoms with Crippen molar-refractivity contribution in [3.63, 3.8) is 0 Å². The summed E-state index contributed by atoms with van der Waals surface area (Å²) in [5.41, 5.74) is 6.88. The number of unbranched alkanes of at least 4 members (excludes halogenated alkanes) is 1. The van der Waals surface area contributed by atoms with Gasteiger partial charge in [-0.15, -0.1) is 23.5 Å². The van der Waals surface area contributed by atoms with Crippen LogP contribution in [-0.2, 0) is 16.7 Å². The van der Waals surface area contributed by atoms with Crippen molar-refractivity contribution in [3.8, 4) is 0 Å². The number of thioether (sulfide) groups is 3. The van der Waals surface area contributed by atoms with E-state index in [0.29, 0.717) is 24.0 Å². The molecular weight excluding hydrogens is 741 g/mol. The second kappa shape index (κ2) is 16.4. The van der Waals surface area contributed by atoms with Gasteiger partial charge in [0.2, 0.25) is 5.52 Å². The highest BCUT2D eigenvalue weighted by Crippen LogP contribution is 2.49. The van der Waals surface area contributed by atoms with Crippen molar-refractivity contribution in [3.05, 3.63) is 81.4 Å². The molecule has 0 radical (unpaired) electrons. The van der Waals surface area contributed by atoms with Crippen molar-refractivity contribution < 1.29 is 17.5 Å². The molecule has 8 rings (SSSR count). The molecule has 276 valence electrons. The number of thiazole rings is 1. The average molecular weight is 792 g/mol. The van der Waals surface area contributed by atoms with Crippen molar-refractivity contribution in [2.24, 2.45) is 5.92 Å². The van der Waals surface area contributed by atoms with Crippen LogP contribution in [0.4, 0.5) is 5.69 Å². The number of fused-ring (bicyclic) bond motifs is 3. The zero-order chi connectivity index (χ0) is 35.7. The number of aryl methyl sites for hydroxylation is 1. The van der Waals surface area contributed by atoms with Crippen LogP contribution in [0.2, 0.25) is 0 Å². The number of aromatic nitrogens is 1. The Morgan fingerprint density at radius 2 is 1.60 bits per heavy atom. The summed E-state index contributed by atoms with van der Waals surface area (Å²) in [5, 5.41) is 4.06. The van der Waals surface area contributed by atoms with Crippen LogP contribution in [0.3, 0.4) is 0 Å². The Morgan fingerprint density at radius 3 is 2.33 bits per heavy atom. The molecule has 2 aromatic carbocycles. The number of anilines is 1. The first kappa shape index (κ1) is 37.0.